The minimum atomic E-state index is -3.61. The van der Waals surface area contributed by atoms with Gasteiger partial charge in [0.1, 0.15) is 0 Å². The molecule has 1 aromatic carbocycles. The maximum atomic E-state index is 12.6. The normalized spacial score (nSPS) is 20.1. The van der Waals surface area contributed by atoms with Crippen LogP contribution in [0.4, 0.5) is 0 Å². The Kier molecular flexibility index (Phi) is 4.94. The van der Waals surface area contributed by atoms with E-state index in [9.17, 15) is 13.2 Å². The molecule has 1 aliphatic heterocycles. The molecule has 1 unspecified atom stereocenters. The van der Waals surface area contributed by atoms with Crippen molar-refractivity contribution in [2.45, 2.75) is 25.2 Å². The zero-order chi connectivity index (χ0) is 15.8. The van der Waals surface area contributed by atoms with Crippen LogP contribution in [0.2, 0.25) is 0 Å². The summed E-state index contributed by atoms with van der Waals surface area (Å²) in [6, 6.07) is 4.27. The highest BCUT2D eigenvalue weighted by atomic mass is 127. The van der Waals surface area contributed by atoms with E-state index in [0.29, 0.717) is 28.5 Å². The van der Waals surface area contributed by atoms with Crippen molar-refractivity contribution in [1.82, 2.24) is 4.31 Å². The standard InChI is InChI=1S/C14H18INO4S/c1-9(2)10-5-6-16(8-10)21(19,20)11-3-4-13(15)12(7-11)14(17)18/h3-4,7,9-10H,5-6,8H2,1-2H3,(H,17,18). The Labute approximate surface area is 138 Å². The van der Waals surface area contributed by atoms with Crippen molar-refractivity contribution in [2.24, 2.45) is 11.8 Å². The molecule has 1 aliphatic rings. The number of aromatic carboxylic acids is 1. The van der Waals surface area contributed by atoms with Gasteiger partial charge in [0.15, 0.2) is 0 Å². The Morgan fingerprint density at radius 1 is 1.43 bits per heavy atom. The van der Waals surface area contributed by atoms with Crippen molar-refractivity contribution in [3.8, 4) is 0 Å². The van der Waals surface area contributed by atoms with Crippen LogP contribution in [-0.4, -0.2) is 36.9 Å². The molecule has 2 rings (SSSR count). The fourth-order valence-corrected chi connectivity index (χ4v) is 4.60. The lowest BCUT2D eigenvalue weighted by atomic mass is 9.96. The Hall–Kier alpha value is -0.670. The number of halogens is 1. The quantitative estimate of drug-likeness (QED) is 0.756. The fourth-order valence-electron chi connectivity index (χ4n) is 2.49. The Bertz CT molecular complexity index is 657. The first-order valence-corrected chi connectivity index (χ1v) is 9.28. The molecule has 0 aliphatic carbocycles. The molecule has 0 bridgehead atoms. The van der Waals surface area contributed by atoms with Gasteiger partial charge < -0.3 is 5.11 Å². The van der Waals surface area contributed by atoms with Gasteiger partial charge in [0, 0.05) is 16.7 Å². The average Bonchev–Trinajstić information content (AvgIpc) is 2.89. The van der Waals surface area contributed by atoms with Crippen molar-refractivity contribution < 1.29 is 18.3 Å². The van der Waals surface area contributed by atoms with Crippen molar-refractivity contribution in [3.05, 3.63) is 27.3 Å². The summed E-state index contributed by atoms with van der Waals surface area (Å²) >= 11 is 1.89. The third kappa shape index (κ3) is 3.40. The molecule has 21 heavy (non-hydrogen) atoms. The first kappa shape index (κ1) is 16.7. The van der Waals surface area contributed by atoms with E-state index < -0.39 is 16.0 Å². The number of hydrogen-bond donors (Lipinski definition) is 1. The number of sulfonamides is 1. The van der Waals surface area contributed by atoms with E-state index in [-0.39, 0.29) is 10.5 Å². The van der Waals surface area contributed by atoms with Crippen LogP contribution in [0.3, 0.4) is 0 Å². The number of rotatable bonds is 4. The van der Waals surface area contributed by atoms with E-state index in [1.165, 1.54) is 22.5 Å². The number of hydrogen-bond acceptors (Lipinski definition) is 3. The summed E-state index contributed by atoms with van der Waals surface area (Å²) in [7, 11) is -3.61. The van der Waals surface area contributed by atoms with E-state index in [2.05, 4.69) is 13.8 Å². The predicted octanol–water partition coefficient (Wildman–Crippen LogP) is 2.66. The molecule has 1 saturated heterocycles. The maximum absolute atomic E-state index is 12.6. The van der Waals surface area contributed by atoms with Gasteiger partial charge in [0.2, 0.25) is 10.0 Å². The zero-order valence-corrected chi connectivity index (χ0v) is 14.9. The summed E-state index contributed by atoms with van der Waals surface area (Å²) < 4.78 is 27.2. The molecule has 0 saturated carbocycles. The molecule has 0 radical (unpaired) electrons. The van der Waals surface area contributed by atoms with Gasteiger partial charge in [-0.2, -0.15) is 4.31 Å². The number of carbonyl (C=O) groups is 1. The molecule has 0 amide bonds. The molecule has 7 heteroatoms. The number of nitrogens with zero attached hydrogens (tertiary/aromatic N) is 1. The second-order valence-corrected chi connectivity index (χ2v) is 8.70. The number of benzene rings is 1. The van der Waals surface area contributed by atoms with Gasteiger partial charge in [-0.1, -0.05) is 13.8 Å². The second-order valence-electron chi connectivity index (χ2n) is 5.60. The maximum Gasteiger partial charge on any atom is 0.336 e. The monoisotopic (exact) mass is 423 g/mol. The largest absolute Gasteiger partial charge is 0.478 e. The molecule has 5 nitrogen and oxygen atoms in total. The van der Waals surface area contributed by atoms with Gasteiger partial charge in [0.25, 0.3) is 0 Å². The minimum absolute atomic E-state index is 0.0243. The minimum Gasteiger partial charge on any atom is -0.478 e. The van der Waals surface area contributed by atoms with Crippen molar-refractivity contribution in [2.75, 3.05) is 13.1 Å². The highest BCUT2D eigenvalue weighted by Gasteiger charge is 2.34. The number of carboxylic acid groups (broad SMARTS) is 1. The smallest absolute Gasteiger partial charge is 0.336 e. The molecular formula is C14H18INO4S. The topological polar surface area (TPSA) is 74.7 Å². The SMILES string of the molecule is CC(C)C1CCN(S(=O)(=O)c2ccc(I)c(C(=O)O)c2)C1. The van der Waals surface area contributed by atoms with E-state index >= 15 is 0 Å². The van der Waals surface area contributed by atoms with E-state index in [1.807, 2.05) is 22.6 Å². The molecular weight excluding hydrogens is 405 g/mol. The highest BCUT2D eigenvalue weighted by Crippen LogP contribution is 2.29. The summed E-state index contributed by atoms with van der Waals surface area (Å²) in [6.07, 6.45) is 0.854. The lowest BCUT2D eigenvalue weighted by Crippen LogP contribution is -2.29. The third-order valence-corrected chi connectivity index (χ3v) is 6.74. The predicted molar refractivity (Wildman–Crippen MR) is 87.8 cm³/mol. The second kappa shape index (κ2) is 6.21. The van der Waals surface area contributed by atoms with Crippen LogP contribution in [0.1, 0.15) is 30.6 Å². The molecule has 0 aromatic heterocycles. The van der Waals surface area contributed by atoms with Gasteiger partial charge >= 0.3 is 5.97 Å². The Morgan fingerprint density at radius 3 is 2.62 bits per heavy atom. The van der Waals surface area contributed by atoms with Crippen molar-refractivity contribution in [1.29, 1.82) is 0 Å². The Balaban J connectivity index is 2.33. The summed E-state index contributed by atoms with van der Waals surface area (Å²) in [5.41, 5.74) is 0.0243. The molecule has 1 fully saturated rings. The van der Waals surface area contributed by atoms with Crippen LogP contribution in [0.15, 0.2) is 23.1 Å². The summed E-state index contributed by atoms with van der Waals surface area (Å²) in [5.74, 6) is -0.308. The van der Waals surface area contributed by atoms with Gasteiger partial charge in [0.05, 0.1) is 10.5 Å². The third-order valence-electron chi connectivity index (χ3n) is 3.94. The zero-order valence-electron chi connectivity index (χ0n) is 11.9. The molecule has 1 heterocycles. The van der Waals surface area contributed by atoms with Crippen LogP contribution in [0.5, 0.6) is 0 Å². The molecule has 1 N–H and O–H groups in total. The molecule has 1 atom stereocenters. The lowest BCUT2D eigenvalue weighted by Gasteiger charge is -2.18. The van der Waals surface area contributed by atoms with Gasteiger partial charge in [-0.25, -0.2) is 13.2 Å². The molecule has 1 aromatic rings. The number of carboxylic acids is 1. The van der Waals surface area contributed by atoms with Gasteiger partial charge in [-0.3, -0.25) is 0 Å². The lowest BCUT2D eigenvalue weighted by molar-refractivity contribution is 0.0695. The summed E-state index contributed by atoms with van der Waals surface area (Å²) in [6.45, 7) is 5.19. The van der Waals surface area contributed by atoms with Gasteiger partial charge in [-0.15, -0.1) is 0 Å². The summed E-state index contributed by atoms with van der Waals surface area (Å²) in [5, 5.41) is 9.12. The van der Waals surface area contributed by atoms with E-state index in [1.54, 1.807) is 0 Å². The Morgan fingerprint density at radius 2 is 2.10 bits per heavy atom. The summed E-state index contributed by atoms with van der Waals surface area (Å²) in [4.78, 5) is 11.2. The van der Waals surface area contributed by atoms with Crippen LogP contribution < -0.4 is 0 Å². The fraction of sp³-hybridized carbons (Fsp3) is 0.500. The molecule has 116 valence electrons. The van der Waals surface area contributed by atoms with E-state index in [0.717, 1.165) is 6.42 Å². The van der Waals surface area contributed by atoms with Crippen LogP contribution in [0, 0.1) is 15.4 Å². The van der Waals surface area contributed by atoms with Gasteiger partial charge in [-0.05, 0) is 59.0 Å². The van der Waals surface area contributed by atoms with Crippen molar-refractivity contribution in [3.63, 3.8) is 0 Å². The van der Waals surface area contributed by atoms with Crippen LogP contribution in [-0.2, 0) is 10.0 Å². The molecule has 0 spiro atoms. The average molecular weight is 423 g/mol. The van der Waals surface area contributed by atoms with Crippen molar-refractivity contribution >= 4 is 38.6 Å². The van der Waals surface area contributed by atoms with Crippen LogP contribution in [0.25, 0.3) is 0 Å². The highest BCUT2D eigenvalue weighted by molar-refractivity contribution is 14.1. The van der Waals surface area contributed by atoms with Crippen LogP contribution >= 0.6 is 22.6 Å². The first-order valence-electron chi connectivity index (χ1n) is 6.76. The first-order chi connectivity index (χ1) is 9.73. The van der Waals surface area contributed by atoms with E-state index in [4.69, 9.17) is 5.11 Å².